The van der Waals surface area contributed by atoms with E-state index in [2.05, 4.69) is 43.5 Å². The Bertz CT molecular complexity index is 642. The van der Waals surface area contributed by atoms with Crippen LogP contribution in [0, 0.1) is 0 Å². The molecular formula is C38H71NO3. The number of aliphatic hydroxyl groups excluding tert-OH is 2. The van der Waals surface area contributed by atoms with Crippen LogP contribution in [0.15, 0.2) is 36.5 Å². The molecule has 0 aliphatic rings. The molecule has 0 rings (SSSR count). The van der Waals surface area contributed by atoms with Gasteiger partial charge in [0, 0.05) is 6.42 Å². The molecule has 0 aliphatic carbocycles. The third kappa shape index (κ3) is 30.1. The van der Waals surface area contributed by atoms with Crippen molar-refractivity contribution in [3.8, 4) is 0 Å². The summed E-state index contributed by atoms with van der Waals surface area (Å²) in [7, 11) is 0. The van der Waals surface area contributed by atoms with E-state index in [4.69, 9.17) is 0 Å². The minimum absolute atomic E-state index is 0.0802. The monoisotopic (exact) mass is 590 g/mol. The van der Waals surface area contributed by atoms with Gasteiger partial charge in [0.05, 0.1) is 18.8 Å². The van der Waals surface area contributed by atoms with Crippen LogP contribution in [0.4, 0.5) is 0 Å². The van der Waals surface area contributed by atoms with Gasteiger partial charge in [0.1, 0.15) is 0 Å². The zero-order chi connectivity index (χ0) is 30.8. The Balaban J connectivity index is 3.57. The number of nitrogens with one attached hydrogen (secondary N) is 1. The van der Waals surface area contributed by atoms with Gasteiger partial charge in [-0.05, 0) is 57.8 Å². The van der Waals surface area contributed by atoms with Crippen LogP contribution in [0.3, 0.4) is 0 Å². The van der Waals surface area contributed by atoms with Crippen LogP contribution >= 0.6 is 0 Å². The van der Waals surface area contributed by atoms with E-state index in [-0.39, 0.29) is 12.5 Å². The second-order valence-electron chi connectivity index (χ2n) is 12.3. The summed E-state index contributed by atoms with van der Waals surface area (Å²) in [5.74, 6) is -0.0802. The lowest BCUT2D eigenvalue weighted by Gasteiger charge is -2.19. The Morgan fingerprint density at radius 1 is 0.548 bits per heavy atom. The van der Waals surface area contributed by atoms with Crippen molar-refractivity contribution in [1.29, 1.82) is 0 Å². The van der Waals surface area contributed by atoms with E-state index in [0.717, 1.165) is 32.1 Å². The lowest BCUT2D eigenvalue weighted by molar-refractivity contribution is -0.123. The number of carbonyl (C=O) groups excluding carboxylic acids is 1. The van der Waals surface area contributed by atoms with Gasteiger partial charge in [-0.25, -0.2) is 0 Å². The average molecular weight is 590 g/mol. The van der Waals surface area contributed by atoms with Crippen molar-refractivity contribution in [2.75, 3.05) is 6.61 Å². The molecule has 4 heteroatoms. The van der Waals surface area contributed by atoms with E-state index >= 15 is 0 Å². The third-order valence-corrected chi connectivity index (χ3v) is 8.10. The normalized spacial score (nSPS) is 13.5. The zero-order valence-corrected chi connectivity index (χ0v) is 28.0. The van der Waals surface area contributed by atoms with Crippen molar-refractivity contribution in [2.45, 2.75) is 193 Å². The topological polar surface area (TPSA) is 69.6 Å². The predicted octanol–water partition coefficient (Wildman–Crippen LogP) is 10.7. The van der Waals surface area contributed by atoms with Gasteiger partial charge in [0.2, 0.25) is 5.91 Å². The Hall–Kier alpha value is -1.39. The summed E-state index contributed by atoms with van der Waals surface area (Å²) in [4.78, 5) is 12.3. The first-order valence-electron chi connectivity index (χ1n) is 18.2. The fourth-order valence-electron chi connectivity index (χ4n) is 5.25. The van der Waals surface area contributed by atoms with Crippen LogP contribution in [0.2, 0.25) is 0 Å². The number of hydrogen-bond donors (Lipinski definition) is 3. The smallest absolute Gasteiger partial charge is 0.220 e. The lowest BCUT2D eigenvalue weighted by atomic mass is 10.0. The molecule has 0 fully saturated rings. The van der Waals surface area contributed by atoms with Crippen LogP contribution < -0.4 is 5.32 Å². The van der Waals surface area contributed by atoms with Crippen LogP contribution in [0.1, 0.15) is 181 Å². The van der Waals surface area contributed by atoms with Gasteiger partial charge in [-0.1, -0.05) is 153 Å². The van der Waals surface area contributed by atoms with E-state index in [1.807, 2.05) is 6.08 Å². The molecular weight excluding hydrogens is 518 g/mol. The second-order valence-corrected chi connectivity index (χ2v) is 12.3. The Kier molecular flexibility index (Phi) is 33.0. The van der Waals surface area contributed by atoms with Crippen molar-refractivity contribution in [1.82, 2.24) is 5.32 Å². The van der Waals surface area contributed by atoms with Gasteiger partial charge in [-0.2, -0.15) is 0 Å². The molecule has 3 N–H and O–H groups in total. The SMILES string of the molecule is CCCCC/C=C/CC/C=C/C(O)C(CO)NC(=O)CCCCCCCCCCC/C=C\CCCCCCCCCC. The zero-order valence-electron chi connectivity index (χ0n) is 28.0. The second kappa shape index (κ2) is 34.1. The molecule has 0 saturated heterocycles. The largest absolute Gasteiger partial charge is 0.394 e. The molecule has 2 atom stereocenters. The highest BCUT2D eigenvalue weighted by Crippen LogP contribution is 2.13. The van der Waals surface area contributed by atoms with Gasteiger partial charge in [0.25, 0.3) is 0 Å². The van der Waals surface area contributed by atoms with Crippen molar-refractivity contribution in [3.05, 3.63) is 36.5 Å². The maximum Gasteiger partial charge on any atom is 0.220 e. The highest BCUT2D eigenvalue weighted by Gasteiger charge is 2.17. The molecule has 0 aliphatic heterocycles. The highest BCUT2D eigenvalue weighted by atomic mass is 16.3. The van der Waals surface area contributed by atoms with Crippen molar-refractivity contribution in [3.63, 3.8) is 0 Å². The molecule has 0 aromatic carbocycles. The minimum atomic E-state index is -0.858. The molecule has 0 radical (unpaired) electrons. The summed E-state index contributed by atoms with van der Waals surface area (Å²) in [6, 6.07) is -0.635. The molecule has 2 unspecified atom stereocenters. The van der Waals surface area contributed by atoms with Crippen LogP contribution in [-0.2, 0) is 4.79 Å². The first-order valence-corrected chi connectivity index (χ1v) is 18.2. The van der Waals surface area contributed by atoms with E-state index in [9.17, 15) is 15.0 Å². The van der Waals surface area contributed by atoms with Gasteiger partial charge < -0.3 is 15.5 Å². The van der Waals surface area contributed by atoms with Crippen molar-refractivity contribution in [2.24, 2.45) is 0 Å². The number of carbonyl (C=O) groups is 1. The molecule has 0 spiro atoms. The summed E-state index contributed by atoms with van der Waals surface area (Å²) in [5, 5.41) is 22.7. The molecule has 0 heterocycles. The minimum Gasteiger partial charge on any atom is -0.394 e. The molecule has 0 aromatic heterocycles. The van der Waals surface area contributed by atoms with E-state index in [1.54, 1.807) is 6.08 Å². The highest BCUT2D eigenvalue weighted by molar-refractivity contribution is 5.76. The van der Waals surface area contributed by atoms with E-state index in [0.29, 0.717) is 6.42 Å². The molecule has 4 nitrogen and oxygen atoms in total. The first-order chi connectivity index (χ1) is 20.7. The molecule has 0 aromatic rings. The van der Waals surface area contributed by atoms with Crippen molar-refractivity contribution < 1.29 is 15.0 Å². The number of amides is 1. The van der Waals surface area contributed by atoms with Gasteiger partial charge in [0.15, 0.2) is 0 Å². The van der Waals surface area contributed by atoms with Gasteiger partial charge in [-0.3, -0.25) is 4.79 Å². The number of allylic oxidation sites excluding steroid dienone is 5. The van der Waals surface area contributed by atoms with E-state index in [1.165, 1.54) is 128 Å². The predicted molar refractivity (Wildman–Crippen MR) is 184 cm³/mol. The molecule has 0 bridgehead atoms. The van der Waals surface area contributed by atoms with Crippen LogP contribution in [0.25, 0.3) is 0 Å². The van der Waals surface area contributed by atoms with Crippen LogP contribution in [-0.4, -0.2) is 34.9 Å². The number of rotatable bonds is 32. The molecule has 42 heavy (non-hydrogen) atoms. The summed E-state index contributed by atoms with van der Waals surface area (Å²) in [5.41, 5.74) is 0. The van der Waals surface area contributed by atoms with Gasteiger partial charge >= 0.3 is 0 Å². The average Bonchev–Trinajstić information content (AvgIpc) is 2.99. The Morgan fingerprint density at radius 3 is 1.43 bits per heavy atom. The number of unbranched alkanes of at least 4 members (excludes halogenated alkanes) is 21. The molecule has 0 saturated carbocycles. The van der Waals surface area contributed by atoms with Crippen molar-refractivity contribution >= 4 is 5.91 Å². The Labute approximate surface area is 261 Å². The molecule has 246 valence electrons. The van der Waals surface area contributed by atoms with Gasteiger partial charge in [-0.15, -0.1) is 0 Å². The lowest BCUT2D eigenvalue weighted by Crippen LogP contribution is -2.45. The molecule has 1 amide bonds. The fraction of sp³-hybridized carbons (Fsp3) is 0.816. The number of hydrogen-bond acceptors (Lipinski definition) is 3. The summed E-state index contributed by atoms with van der Waals surface area (Å²) in [6.07, 6.45) is 43.8. The first kappa shape index (κ1) is 40.6. The maximum atomic E-state index is 12.3. The summed E-state index contributed by atoms with van der Waals surface area (Å²) < 4.78 is 0. The standard InChI is InChI=1S/C38H71NO3/c1-3-5-7-9-11-13-14-15-16-17-18-19-20-21-22-23-24-26-28-30-32-34-38(42)39-36(35-40)37(41)33-31-29-27-25-12-10-8-6-4-2/h12,17-18,25,31,33,36-37,40-41H,3-11,13-16,19-24,26-30,32,34-35H2,1-2H3,(H,39,42)/b18-17-,25-12+,33-31+. The number of aliphatic hydroxyl groups is 2. The fourth-order valence-corrected chi connectivity index (χ4v) is 5.25. The summed E-state index contributed by atoms with van der Waals surface area (Å²) >= 11 is 0. The maximum absolute atomic E-state index is 12.3. The summed E-state index contributed by atoms with van der Waals surface area (Å²) in [6.45, 7) is 4.23. The quantitative estimate of drug-likeness (QED) is 0.0540. The Morgan fingerprint density at radius 2 is 0.929 bits per heavy atom. The van der Waals surface area contributed by atoms with Crippen LogP contribution in [0.5, 0.6) is 0 Å². The third-order valence-electron chi connectivity index (χ3n) is 8.10. The van der Waals surface area contributed by atoms with E-state index < -0.39 is 12.1 Å².